The maximum Gasteiger partial charge on any atom is 0.305 e. The molecule has 0 saturated carbocycles. The molecule has 0 atom stereocenters. The fourth-order valence-electron chi connectivity index (χ4n) is 12.5. The molecule has 5 N–H and O–H groups in total. The first-order chi connectivity index (χ1) is 61.7. The quantitative estimate of drug-likeness (QED) is 0.0152. The normalized spacial score (nSPS) is 11.2. The van der Waals surface area contributed by atoms with Crippen molar-refractivity contribution in [3.8, 4) is 17.6 Å². The third-order valence-corrected chi connectivity index (χ3v) is 21.5. The first-order valence-electron chi connectivity index (χ1n) is 45.3. The number of nitrogens with one attached hydrogen (secondary N) is 2. The Balaban J connectivity index is 1.22. The van der Waals surface area contributed by atoms with Crippen molar-refractivity contribution < 1.29 is 133 Å². The highest BCUT2D eigenvalue weighted by atomic mass is 32.2. The third-order valence-electron chi connectivity index (χ3n) is 19.8. The molecule has 0 unspecified atom stereocenters. The molecule has 3 aromatic rings. The Bertz CT molecular complexity index is 3780. The number of anilines is 3. The number of esters is 10. The Hall–Kier alpha value is -9.67. The van der Waals surface area contributed by atoms with E-state index in [-0.39, 0.29) is 250 Å². The number of hydrogen-bond donors (Lipinski definition) is 5. The SMILES string of the molecule is COc1cc(S(=O)(=O)CCN(CCOC(=O)CCCCCO)CCOC(=O)CCCCCO)c(OC)cc1/N=N/c1c(Nc2ccccc2)nc(NCCOCCOC(=O)CCCCCOC(=O)CCCCCOC(=O)CCCCCOC(=O)CCCCCOC(=O)CCCCCOC(=O)CCCCCOC(=O)CCCCCOC(=O)CCCCCO)c(C#N)c1C. The summed E-state index contributed by atoms with van der Waals surface area (Å²) in [4.78, 5) is 128. The smallest absolute Gasteiger partial charge is 0.305 e. The van der Waals surface area contributed by atoms with Crippen LogP contribution in [-0.4, -0.2) is 239 Å². The van der Waals surface area contributed by atoms with E-state index in [1.165, 1.54) is 26.4 Å². The van der Waals surface area contributed by atoms with Crippen LogP contribution in [0.3, 0.4) is 0 Å². The fourth-order valence-corrected chi connectivity index (χ4v) is 13.9. The lowest BCUT2D eigenvalue weighted by atomic mass is 10.1. The zero-order chi connectivity index (χ0) is 92.4. The highest BCUT2D eigenvalue weighted by molar-refractivity contribution is 7.91. The molecule has 127 heavy (non-hydrogen) atoms. The van der Waals surface area contributed by atoms with E-state index in [9.17, 15) is 61.6 Å². The molecule has 1 heterocycles. The number of aromatic nitrogens is 1. The van der Waals surface area contributed by atoms with Gasteiger partial charge >= 0.3 is 59.7 Å². The van der Waals surface area contributed by atoms with E-state index in [2.05, 4.69) is 26.9 Å². The van der Waals surface area contributed by atoms with E-state index >= 15 is 0 Å². The molecular formula is C91H141N7O28S. The summed E-state index contributed by atoms with van der Waals surface area (Å²) in [6, 6.07) is 13.9. The molecule has 0 aliphatic heterocycles. The number of ether oxygens (including phenoxy) is 13. The molecular weight excluding hydrogens is 1670 g/mol. The number of benzene rings is 2. The van der Waals surface area contributed by atoms with Crippen LogP contribution in [0.1, 0.15) is 268 Å². The number of carbonyl (C=O) groups excluding carboxylic acids is 10. The van der Waals surface area contributed by atoms with Gasteiger partial charge in [-0.15, -0.1) is 10.2 Å². The molecule has 714 valence electrons. The number of rotatable bonds is 80. The molecule has 1 aromatic heterocycles. The summed E-state index contributed by atoms with van der Waals surface area (Å²) in [6.45, 7) is 4.37. The van der Waals surface area contributed by atoms with Crippen molar-refractivity contribution in [3.05, 3.63) is 53.6 Å². The number of methoxy groups -OCH3 is 2. The van der Waals surface area contributed by atoms with Gasteiger partial charge in [0.2, 0.25) is 0 Å². The van der Waals surface area contributed by atoms with Gasteiger partial charge in [0.05, 0.1) is 85.0 Å². The second kappa shape index (κ2) is 73.3. The summed E-state index contributed by atoms with van der Waals surface area (Å²) in [5, 5.41) is 52.8. The standard InChI is InChI=1S/C91H141N7O28S/c1-72-74(71-92)90(95-91(94-73-37-15-4-16-38-73)89(72)97-96-75-69-77(115-3)78(70-76(75)114-2)127(112,113)68-52-98(50-64-124-86(109)40-18-6-28-54-100)51-65-125-87(110)41-19-7-29-55-101)93-49-63-116-66-67-126-88(111)48-26-14-36-62-123-85(108)47-25-13-35-61-122-84(107)46-24-12-34-60-121-83(106)45-23-11-33-59-120-82(105)44-22-10-32-58-119-81(104)43-21-9-31-57-118-80(103)42-20-8-30-56-117-79(102)39-17-5-27-53-99/h4,15-16,37-38,69-70,99-101H,5-14,17-36,39-68H2,1-3H3,(H2,93,94,95)/b97-96+. The summed E-state index contributed by atoms with van der Waals surface area (Å²) in [7, 11) is -1.49. The topological polar surface area (TPSA) is 474 Å². The van der Waals surface area contributed by atoms with E-state index in [0.717, 1.165) is 19.3 Å². The van der Waals surface area contributed by atoms with Crippen LogP contribution in [-0.2, 0) is 110 Å². The number of nitrogens with zero attached hydrogens (tertiary/aromatic N) is 5. The summed E-state index contributed by atoms with van der Waals surface area (Å²) in [6.07, 6.45) is 21.7. The number of pyridine rings is 1. The molecule has 0 fully saturated rings. The average molecular weight is 1810 g/mol. The number of carbonyl (C=O) groups is 10. The van der Waals surface area contributed by atoms with Gasteiger partial charge in [-0.05, 0) is 192 Å². The van der Waals surface area contributed by atoms with Gasteiger partial charge in [-0.25, -0.2) is 13.4 Å². The maximum absolute atomic E-state index is 14.2. The Labute approximate surface area is 749 Å². The molecule has 0 amide bonds. The summed E-state index contributed by atoms with van der Waals surface area (Å²) in [5.74, 6) is -3.29. The predicted octanol–water partition coefficient (Wildman–Crippen LogP) is 14.0. The monoisotopic (exact) mass is 1810 g/mol. The minimum absolute atomic E-state index is 0.0124. The molecule has 36 heteroatoms. The van der Waals surface area contributed by atoms with Gasteiger partial charge in [0.1, 0.15) is 59.5 Å². The van der Waals surface area contributed by atoms with Crippen molar-refractivity contribution >= 4 is 98.2 Å². The van der Waals surface area contributed by atoms with Crippen molar-refractivity contribution in [2.24, 2.45) is 10.2 Å². The Morgan fingerprint density at radius 3 is 1.06 bits per heavy atom. The van der Waals surface area contributed by atoms with Crippen LogP contribution in [0.15, 0.2) is 57.6 Å². The minimum Gasteiger partial charge on any atom is -0.495 e. The van der Waals surface area contributed by atoms with Crippen molar-refractivity contribution in [1.82, 2.24) is 9.88 Å². The number of sulfone groups is 1. The molecule has 35 nitrogen and oxygen atoms in total. The van der Waals surface area contributed by atoms with E-state index in [1.54, 1.807) is 11.8 Å². The van der Waals surface area contributed by atoms with Gasteiger partial charge in [-0.2, -0.15) is 5.26 Å². The van der Waals surface area contributed by atoms with Gasteiger partial charge < -0.3 is 87.5 Å². The summed E-state index contributed by atoms with van der Waals surface area (Å²) >= 11 is 0. The lowest BCUT2D eigenvalue weighted by Gasteiger charge is -2.22. The van der Waals surface area contributed by atoms with Crippen LogP contribution in [0.4, 0.5) is 28.7 Å². The number of nitriles is 1. The van der Waals surface area contributed by atoms with Gasteiger partial charge in [0, 0.05) is 134 Å². The van der Waals surface area contributed by atoms with Crippen molar-refractivity contribution in [3.63, 3.8) is 0 Å². The van der Waals surface area contributed by atoms with Crippen LogP contribution >= 0.6 is 0 Å². The van der Waals surface area contributed by atoms with Crippen LogP contribution in [0, 0.1) is 18.3 Å². The maximum atomic E-state index is 14.2. The first-order valence-corrected chi connectivity index (χ1v) is 46.9. The molecule has 0 aliphatic carbocycles. The molecule has 0 bridgehead atoms. The van der Waals surface area contributed by atoms with Crippen molar-refractivity contribution in [2.45, 2.75) is 269 Å². The van der Waals surface area contributed by atoms with Gasteiger partial charge in [-0.3, -0.25) is 52.8 Å². The molecule has 0 saturated heterocycles. The predicted molar refractivity (Wildman–Crippen MR) is 470 cm³/mol. The number of aliphatic hydroxyl groups excluding tert-OH is 3. The average Bonchev–Trinajstić information content (AvgIpc) is 0.787. The summed E-state index contributed by atoms with van der Waals surface area (Å²) in [5.41, 5.74) is 1.45. The number of aliphatic hydroxyl groups is 3. The van der Waals surface area contributed by atoms with E-state index in [1.807, 2.05) is 30.3 Å². The van der Waals surface area contributed by atoms with Crippen molar-refractivity contribution in [1.29, 1.82) is 5.26 Å². The zero-order valence-corrected chi connectivity index (χ0v) is 76.0. The van der Waals surface area contributed by atoms with Gasteiger partial charge in [-0.1, -0.05) is 37.5 Å². The number of para-hydroxylation sites is 1. The van der Waals surface area contributed by atoms with Crippen LogP contribution in [0.25, 0.3) is 0 Å². The number of hydrogen-bond acceptors (Lipinski definition) is 35. The molecule has 3 rings (SSSR count). The lowest BCUT2D eigenvalue weighted by molar-refractivity contribution is -0.146. The fraction of sp³-hybridized carbons (Fsp3) is 0.692. The van der Waals surface area contributed by atoms with Crippen LogP contribution in [0.2, 0.25) is 0 Å². The van der Waals surface area contributed by atoms with Gasteiger partial charge in [0.15, 0.2) is 15.7 Å². The Kier molecular flexibility index (Phi) is 64.3. The molecule has 2 aromatic carbocycles. The highest BCUT2D eigenvalue weighted by Crippen LogP contribution is 2.41. The lowest BCUT2D eigenvalue weighted by Crippen LogP contribution is -2.36. The van der Waals surface area contributed by atoms with Gasteiger partial charge in [0.25, 0.3) is 0 Å². The second-order valence-electron chi connectivity index (χ2n) is 30.3. The molecule has 0 radical (unpaired) electrons. The number of unbranched alkanes of at least 4 members (excludes halogenated alkanes) is 20. The van der Waals surface area contributed by atoms with E-state index in [4.69, 9.17) is 81.9 Å². The zero-order valence-electron chi connectivity index (χ0n) is 75.2. The van der Waals surface area contributed by atoms with Crippen LogP contribution in [0.5, 0.6) is 11.5 Å². The van der Waals surface area contributed by atoms with E-state index in [0.29, 0.717) is 211 Å². The second-order valence-corrected chi connectivity index (χ2v) is 32.4. The highest BCUT2D eigenvalue weighted by Gasteiger charge is 2.26. The van der Waals surface area contributed by atoms with E-state index < -0.39 is 33.5 Å². The molecule has 0 aliphatic rings. The largest absolute Gasteiger partial charge is 0.495 e. The van der Waals surface area contributed by atoms with Crippen LogP contribution < -0.4 is 20.1 Å². The Morgan fingerprint density at radius 1 is 0.394 bits per heavy atom. The number of azo groups is 1. The first kappa shape index (κ1) is 112. The Morgan fingerprint density at radius 2 is 0.724 bits per heavy atom. The third kappa shape index (κ3) is 56.3. The summed E-state index contributed by atoms with van der Waals surface area (Å²) < 4.78 is 98.6. The molecule has 0 spiro atoms. The minimum atomic E-state index is -4.13. The van der Waals surface area contributed by atoms with Crippen molar-refractivity contribution in [2.75, 3.05) is 156 Å².